The van der Waals surface area contributed by atoms with Gasteiger partial charge < -0.3 is 20.1 Å². The van der Waals surface area contributed by atoms with E-state index < -0.39 is 0 Å². The van der Waals surface area contributed by atoms with E-state index in [-0.39, 0.29) is 6.03 Å². The molecule has 0 bridgehead atoms. The molecule has 2 heterocycles. The van der Waals surface area contributed by atoms with Gasteiger partial charge in [0.25, 0.3) is 0 Å². The molecule has 5 heteroatoms. The minimum absolute atomic E-state index is 0.138. The quantitative estimate of drug-likeness (QED) is 0.735. The van der Waals surface area contributed by atoms with Crippen molar-refractivity contribution < 1.29 is 4.79 Å². The van der Waals surface area contributed by atoms with Gasteiger partial charge in [-0.3, -0.25) is 0 Å². The molecule has 1 aliphatic heterocycles. The first-order chi connectivity index (χ1) is 12.7. The fourth-order valence-corrected chi connectivity index (χ4v) is 3.58. The smallest absolute Gasteiger partial charge is 0.319 e. The number of hydrogen-bond donors (Lipinski definition) is 2. The number of anilines is 1. The summed E-state index contributed by atoms with van der Waals surface area (Å²) in [5, 5.41) is 5.87. The summed E-state index contributed by atoms with van der Waals surface area (Å²) in [6.45, 7) is 6.66. The normalized spacial score (nSPS) is 17.8. The van der Waals surface area contributed by atoms with Crippen LogP contribution < -0.4 is 10.6 Å². The Balaban J connectivity index is 1.35. The number of urea groups is 1. The van der Waals surface area contributed by atoms with Crippen molar-refractivity contribution in [2.45, 2.75) is 32.6 Å². The minimum Gasteiger partial charge on any atom is -0.338 e. The fourth-order valence-electron chi connectivity index (χ4n) is 3.58. The van der Waals surface area contributed by atoms with E-state index >= 15 is 0 Å². The van der Waals surface area contributed by atoms with Gasteiger partial charge in [-0.15, -0.1) is 0 Å². The second-order valence-electron chi connectivity index (χ2n) is 7.28. The third-order valence-electron chi connectivity index (χ3n) is 4.93. The van der Waals surface area contributed by atoms with Gasteiger partial charge in [0.15, 0.2) is 0 Å². The molecule has 1 aromatic heterocycles. The number of nitrogens with zero attached hydrogens (tertiary/aromatic N) is 2. The molecule has 1 saturated heterocycles. The average molecular weight is 354 g/mol. The van der Waals surface area contributed by atoms with Crippen LogP contribution in [0.25, 0.3) is 5.69 Å². The van der Waals surface area contributed by atoms with Crippen LogP contribution in [0.15, 0.2) is 48.8 Å². The second kappa shape index (κ2) is 9.43. The summed E-state index contributed by atoms with van der Waals surface area (Å²) in [7, 11) is 0. The van der Waals surface area contributed by atoms with Crippen LogP contribution in [-0.4, -0.2) is 41.7 Å². The summed E-state index contributed by atoms with van der Waals surface area (Å²) in [5.74, 6) is 0.829. The third kappa shape index (κ3) is 5.63. The Hall–Kier alpha value is -2.27. The van der Waals surface area contributed by atoms with E-state index in [0.29, 0.717) is 6.54 Å². The zero-order valence-electron chi connectivity index (χ0n) is 15.7. The minimum atomic E-state index is -0.138. The molecule has 140 valence electrons. The van der Waals surface area contributed by atoms with Crippen LogP contribution in [0.1, 0.15) is 32.6 Å². The lowest BCUT2D eigenvalue weighted by Crippen LogP contribution is -2.35. The maximum atomic E-state index is 12.1. The number of amides is 2. The lowest BCUT2D eigenvalue weighted by atomic mass is 10.0. The molecule has 2 aromatic rings. The first-order valence-corrected chi connectivity index (χ1v) is 9.71. The maximum absolute atomic E-state index is 12.1. The van der Waals surface area contributed by atoms with Crippen molar-refractivity contribution in [1.29, 1.82) is 0 Å². The number of nitrogens with one attached hydrogen (secondary N) is 2. The molecule has 1 atom stereocenters. The largest absolute Gasteiger partial charge is 0.338 e. The summed E-state index contributed by atoms with van der Waals surface area (Å²) < 4.78 is 2.02. The predicted octanol–water partition coefficient (Wildman–Crippen LogP) is 4.11. The first-order valence-electron chi connectivity index (χ1n) is 9.71. The maximum Gasteiger partial charge on any atom is 0.319 e. The summed E-state index contributed by atoms with van der Waals surface area (Å²) in [6.07, 6.45) is 8.82. The van der Waals surface area contributed by atoms with E-state index in [1.165, 1.54) is 25.9 Å². The van der Waals surface area contributed by atoms with Gasteiger partial charge in [-0.25, -0.2) is 4.79 Å². The lowest BCUT2D eigenvalue weighted by Gasteiger charge is -2.30. The summed E-state index contributed by atoms with van der Waals surface area (Å²) >= 11 is 0. The van der Waals surface area contributed by atoms with E-state index in [1.807, 2.05) is 53.4 Å². The van der Waals surface area contributed by atoms with Crippen LogP contribution >= 0.6 is 0 Å². The van der Waals surface area contributed by atoms with Crippen molar-refractivity contribution in [3.8, 4) is 5.69 Å². The molecular formula is C21H30N4O. The third-order valence-corrected chi connectivity index (χ3v) is 4.93. The molecular weight excluding hydrogens is 324 g/mol. The highest BCUT2D eigenvalue weighted by Gasteiger charge is 2.15. The second-order valence-corrected chi connectivity index (χ2v) is 7.28. The average Bonchev–Trinajstić information content (AvgIpc) is 3.16. The Morgan fingerprint density at radius 1 is 1.19 bits per heavy atom. The van der Waals surface area contributed by atoms with Crippen LogP contribution in [0.5, 0.6) is 0 Å². The molecule has 2 N–H and O–H groups in total. The zero-order valence-corrected chi connectivity index (χ0v) is 15.7. The van der Waals surface area contributed by atoms with Crippen molar-refractivity contribution in [3.05, 3.63) is 48.8 Å². The van der Waals surface area contributed by atoms with E-state index in [0.717, 1.165) is 36.7 Å². The van der Waals surface area contributed by atoms with Gasteiger partial charge in [-0.05, 0) is 75.0 Å². The standard InChI is InChI=1S/C21H30N4O/c1-18-8-7-13-24(17-18)12-3-2-11-22-21(26)23-19-9-6-10-20(16-19)25-14-4-5-15-25/h4-6,9-10,14-16,18H,2-3,7-8,11-13,17H2,1H3,(H2,22,23,26). The SMILES string of the molecule is CC1CCCN(CCCCNC(=O)Nc2cccc(-n3cccc3)c2)C1. The Bertz CT molecular complexity index is 683. The molecule has 1 aliphatic rings. The van der Waals surface area contributed by atoms with E-state index in [9.17, 15) is 4.79 Å². The number of aromatic nitrogens is 1. The number of hydrogen-bond acceptors (Lipinski definition) is 2. The van der Waals surface area contributed by atoms with Crippen LogP contribution in [0.2, 0.25) is 0 Å². The molecule has 1 aromatic carbocycles. The monoisotopic (exact) mass is 354 g/mol. The van der Waals surface area contributed by atoms with Crippen LogP contribution in [0.4, 0.5) is 10.5 Å². The van der Waals surface area contributed by atoms with Crippen molar-refractivity contribution in [2.75, 3.05) is 31.5 Å². The van der Waals surface area contributed by atoms with Crippen molar-refractivity contribution in [3.63, 3.8) is 0 Å². The van der Waals surface area contributed by atoms with Crippen LogP contribution in [-0.2, 0) is 0 Å². The molecule has 1 unspecified atom stereocenters. The number of benzene rings is 1. The molecule has 26 heavy (non-hydrogen) atoms. The van der Waals surface area contributed by atoms with Gasteiger partial charge in [-0.1, -0.05) is 13.0 Å². The molecule has 0 radical (unpaired) electrons. The highest BCUT2D eigenvalue weighted by molar-refractivity contribution is 5.89. The van der Waals surface area contributed by atoms with Crippen molar-refractivity contribution in [2.24, 2.45) is 5.92 Å². The molecule has 0 spiro atoms. The van der Waals surface area contributed by atoms with Gasteiger partial charge >= 0.3 is 6.03 Å². The summed E-state index contributed by atoms with van der Waals surface area (Å²) in [4.78, 5) is 14.6. The Morgan fingerprint density at radius 2 is 2.04 bits per heavy atom. The van der Waals surface area contributed by atoms with Gasteiger partial charge in [-0.2, -0.15) is 0 Å². The molecule has 0 aliphatic carbocycles. The van der Waals surface area contributed by atoms with Gasteiger partial charge in [0.1, 0.15) is 0 Å². The van der Waals surface area contributed by atoms with Gasteiger partial charge in [0.05, 0.1) is 0 Å². The molecule has 1 fully saturated rings. The first kappa shape index (κ1) is 18.5. The highest BCUT2D eigenvalue weighted by Crippen LogP contribution is 2.16. The number of likely N-dealkylation sites (tertiary alicyclic amines) is 1. The topological polar surface area (TPSA) is 49.3 Å². The highest BCUT2D eigenvalue weighted by atomic mass is 16.2. The van der Waals surface area contributed by atoms with Gasteiger partial charge in [0.2, 0.25) is 0 Å². The van der Waals surface area contributed by atoms with Crippen LogP contribution in [0, 0.1) is 5.92 Å². The predicted molar refractivity (Wildman–Crippen MR) is 107 cm³/mol. The fraction of sp³-hybridized carbons (Fsp3) is 0.476. The molecule has 3 rings (SSSR count). The van der Waals surface area contributed by atoms with E-state index in [2.05, 4.69) is 22.5 Å². The molecule has 2 amide bonds. The number of rotatable bonds is 7. The number of carbonyl (C=O) groups excluding carboxylic acids is 1. The molecule has 5 nitrogen and oxygen atoms in total. The lowest BCUT2D eigenvalue weighted by molar-refractivity contribution is 0.181. The Morgan fingerprint density at radius 3 is 2.85 bits per heavy atom. The van der Waals surface area contributed by atoms with Crippen LogP contribution in [0.3, 0.4) is 0 Å². The Kier molecular flexibility index (Phi) is 6.72. The summed E-state index contributed by atoms with van der Waals surface area (Å²) in [6, 6.07) is 11.7. The van der Waals surface area contributed by atoms with E-state index in [4.69, 9.17) is 0 Å². The summed E-state index contributed by atoms with van der Waals surface area (Å²) in [5.41, 5.74) is 1.83. The number of carbonyl (C=O) groups is 1. The zero-order chi connectivity index (χ0) is 18.2. The Labute approximate surface area is 156 Å². The van der Waals surface area contributed by atoms with Crippen molar-refractivity contribution in [1.82, 2.24) is 14.8 Å². The number of piperidine rings is 1. The van der Waals surface area contributed by atoms with Crippen molar-refractivity contribution >= 4 is 11.7 Å². The van der Waals surface area contributed by atoms with Gasteiger partial charge in [0, 0.05) is 36.9 Å². The number of unbranched alkanes of at least 4 members (excludes halogenated alkanes) is 1. The van der Waals surface area contributed by atoms with E-state index in [1.54, 1.807) is 0 Å². The molecule has 0 saturated carbocycles.